The van der Waals surface area contributed by atoms with Gasteiger partial charge in [0.1, 0.15) is 0 Å². The fourth-order valence-electron chi connectivity index (χ4n) is 2.70. The van der Waals surface area contributed by atoms with Crippen LogP contribution in [0.2, 0.25) is 0 Å². The zero-order valence-corrected chi connectivity index (χ0v) is 13.9. The number of ether oxygens (including phenoxy) is 2. The van der Waals surface area contributed by atoms with E-state index >= 15 is 0 Å². The molecule has 0 saturated carbocycles. The largest absolute Gasteiger partial charge is 0.493 e. The molecule has 1 amide bonds. The SMILES string of the molecule is COc1cc(CN2CCN(C(C)=O)CC2)c([N+](=O)[O-])cc1OC(F)F. The quantitative estimate of drug-likeness (QED) is 0.569. The summed E-state index contributed by atoms with van der Waals surface area (Å²) in [7, 11) is 1.27. The summed E-state index contributed by atoms with van der Waals surface area (Å²) in [5.74, 6) is -0.390. The van der Waals surface area contributed by atoms with Crippen molar-refractivity contribution in [2.75, 3.05) is 33.3 Å². The summed E-state index contributed by atoms with van der Waals surface area (Å²) in [6.45, 7) is 0.821. The number of amides is 1. The van der Waals surface area contributed by atoms with Crippen LogP contribution in [-0.2, 0) is 11.3 Å². The lowest BCUT2D eigenvalue weighted by Gasteiger charge is -2.34. The highest BCUT2D eigenvalue weighted by Gasteiger charge is 2.25. The number of nitro benzene ring substituents is 1. The standard InChI is InChI=1S/C15H19F2N3O5/c1-10(21)19-5-3-18(4-6-19)9-11-7-13(24-2)14(25-15(16)17)8-12(11)20(22)23/h7-8,15H,3-6,9H2,1-2H3. The summed E-state index contributed by atoms with van der Waals surface area (Å²) in [6.07, 6.45) is 0. The molecule has 0 unspecified atom stereocenters. The molecule has 1 fully saturated rings. The number of piperazine rings is 1. The van der Waals surface area contributed by atoms with Gasteiger partial charge in [-0.05, 0) is 6.07 Å². The maximum Gasteiger partial charge on any atom is 0.387 e. The number of benzene rings is 1. The highest BCUT2D eigenvalue weighted by Crippen LogP contribution is 2.36. The Hall–Kier alpha value is -2.49. The molecule has 25 heavy (non-hydrogen) atoms. The summed E-state index contributed by atoms with van der Waals surface area (Å²) < 4.78 is 34.2. The molecule has 0 radical (unpaired) electrons. The number of halogens is 2. The number of hydrogen-bond acceptors (Lipinski definition) is 6. The van der Waals surface area contributed by atoms with E-state index in [2.05, 4.69) is 4.74 Å². The predicted molar refractivity (Wildman–Crippen MR) is 83.8 cm³/mol. The van der Waals surface area contributed by atoms with Gasteiger partial charge in [0.05, 0.1) is 18.1 Å². The first-order chi connectivity index (χ1) is 11.8. The lowest BCUT2D eigenvalue weighted by Crippen LogP contribution is -2.47. The van der Waals surface area contributed by atoms with E-state index in [1.54, 1.807) is 4.90 Å². The first kappa shape index (κ1) is 18.8. The van der Waals surface area contributed by atoms with E-state index in [1.165, 1.54) is 20.1 Å². The van der Waals surface area contributed by atoms with Crippen molar-refractivity contribution in [2.24, 2.45) is 0 Å². The Kier molecular flexibility index (Phi) is 6.07. The highest BCUT2D eigenvalue weighted by atomic mass is 19.3. The van der Waals surface area contributed by atoms with Crippen LogP contribution < -0.4 is 9.47 Å². The first-order valence-corrected chi connectivity index (χ1v) is 7.59. The normalized spacial score (nSPS) is 15.3. The van der Waals surface area contributed by atoms with Crippen LogP contribution in [0.15, 0.2) is 12.1 Å². The van der Waals surface area contributed by atoms with Crippen LogP contribution in [0.5, 0.6) is 11.5 Å². The lowest BCUT2D eigenvalue weighted by molar-refractivity contribution is -0.385. The van der Waals surface area contributed by atoms with E-state index in [1.807, 2.05) is 4.90 Å². The number of carbonyl (C=O) groups is 1. The number of methoxy groups -OCH3 is 1. The summed E-state index contributed by atoms with van der Waals surface area (Å²) in [6, 6.07) is 2.29. The number of alkyl halides is 2. The molecule has 2 rings (SSSR count). The Labute approximate surface area is 143 Å². The van der Waals surface area contributed by atoms with Crippen molar-refractivity contribution in [1.29, 1.82) is 0 Å². The minimum absolute atomic E-state index is 0.00303. The molecule has 0 bridgehead atoms. The predicted octanol–water partition coefficient (Wildman–Crippen LogP) is 1.87. The van der Waals surface area contributed by atoms with Crippen LogP contribution >= 0.6 is 0 Å². The second kappa shape index (κ2) is 8.06. The molecule has 0 atom stereocenters. The Morgan fingerprint density at radius 3 is 2.40 bits per heavy atom. The summed E-state index contributed by atoms with van der Waals surface area (Å²) in [5, 5.41) is 11.3. The van der Waals surface area contributed by atoms with E-state index in [-0.39, 0.29) is 29.6 Å². The molecule has 138 valence electrons. The molecule has 1 aliphatic rings. The third-order valence-electron chi connectivity index (χ3n) is 3.99. The molecule has 0 N–H and O–H groups in total. The van der Waals surface area contributed by atoms with Crippen LogP contribution in [0, 0.1) is 10.1 Å². The lowest BCUT2D eigenvalue weighted by atomic mass is 10.1. The molecule has 1 aromatic carbocycles. The van der Waals surface area contributed by atoms with Gasteiger partial charge in [-0.1, -0.05) is 0 Å². The Morgan fingerprint density at radius 1 is 1.28 bits per heavy atom. The fraction of sp³-hybridized carbons (Fsp3) is 0.533. The topological polar surface area (TPSA) is 85.2 Å². The molecule has 0 spiro atoms. The van der Waals surface area contributed by atoms with Gasteiger partial charge in [-0.2, -0.15) is 8.78 Å². The molecule has 0 aromatic heterocycles. The maximum absolute atomic E-state index is 12.5. The van der Waals surface area contributed by atoms with Gasteiger partial charge in [-0.3, -0.25) is 19.8 Å². The van der Waals surface area contributed by atoms with Gasteiger partial charge >= 0.3 is 6.61 Å². The number of carbonyl (C=O) groups excluding carboxylic acids is 1. The molecular weight excluding hydrogens is 340 g/mol. The van der Waals surface area contributed by atoms with E-state index in [0.717, 1.165) is 6.07 Å². The minimum Gasteiger partial charge on any atom is -0.493 e. The van der Waals surface area contributed by atoms with Gasteiger partial charge in [0.15, 0.2) is 11.5 Å². The van der Waals surface area contributed by atoms with Crippen LogP contribution in [-0.4, -0.2) is 60.5 Å². The zero-order valence-electron chi connectivity index (χ0n) is 13.9. The third-order valence-corrected chi connectivity index (χ3v) is 3.99. The van der Waals surface area contributed by atoms with Gasteiger partial charge in [0.2, 0.25) is 5.91 Å². The van der Waals surface area contributed by atoms with Crippen molar-refractivity contribution < 1.29 is 28.0 Å². The smallest absolute Gasteiger partial charge is 0.387 e. The van der Waals surface area contributed by atoms with Crippen molar-refractivity contribution in [3.8, 4) is 11.5 Å². The number of nitro groups is 1. The first-order valence-electron chi connectivity index (χ1n) is 7.59. The maximum atomic E-state index is 12.5. The van der Waals surface area contributed by atoms with E-state index in [0.29, 0.717) is 31.7 Å². The van der Waals surface area contributed by atoms with Crippen LogP contribution in [0.1, 0.15) is 12.5 Å². The summed E-state index contributed by atoms with van der Waals surface area (Å²) in [4.78, 5) is 25.6. The van der Waals surface area contributed by atoms with Crippen molar-refractivity contribution >= 4 is 11.6 Å². The highest BCUT2D eigenvalue weighted by molar-refractivity contribution is 5.73. The van der Waals surface area contributed by atoms with Gasteiger partial charge in [0, 0.05) is 45.2 Å². The minimum atomic E-state index is -3.11. The van der Waals surface area contributed by atoms with Crippen LogP contribution in [0.25, 0.3) is 0 Å². The summed E-state index contributed by atoms with van der Waals surface area (Å²) in [5.41, 5.74) is 0.0187. The number of rotatable bonds is 6. The Bertz CT molecular complexity index is 648. The Morgan fingerprint density at radius 2 is 1.92 bits per heavy atom. The molecule has 8 nitrogen and oxygen atoms in total. The van der Waals surface area contributed by atoms with Crippen molar-refractivity contribution in [3.05, 3.63) is 27.8 Å². The summed E-state index contributed by atoms with van der Waals surface area (Å²) >= 11 is 0. The van der Waals surface area contributed by atoms with Gasteiger partial charge < -0.3 is 14.4 Å². The molecule has 1 saturated heterocycles. The van der Waals surface area contributed by atoms with Crippen LogP contribution in [0.4, 0.5) is 14.5 Å². The molecule has 1 heterocycles. The Balaban J connectivity index is 2.21. The average Bonchev–Trinajstić information content (AvgIpc) is 2.55. The van der Waals surface area contributed by atoms with E-state index in [9.17, 15) is 23.7 Å². The monoisotopic (exact) mass is 359 g/mol. The van der Waals surface area contributed by atoms with Gasteiger partial charge in [0.25, 0.3) is 5.69 Å². The molecule has 1 aliphatic heterocycles. The van der Waals surface area contributed by atoms with Crippen LogP contribution in [0.3, 0.4) is 0 Å². The fourth-order valence-corrected chi connectivity index (χ4v) is 2.70. The van der Waals surface area contributed by atoms with Crippen molar-refractivity contribution in [1.82, 2.24) is 9.80 Å². The van der Waals surface area contributed by atoms with Crippen molar-refractivity contribution in [3.63, 3.8) is 0 Å². The van der Waals surface area contributed by atoms with Gasteiger partial charge in [-0.15, -0.1) is 0 Å². The zero-order chi connectivity index (χ0) is 18.6. The third kappa shape index (κ3) is 4.75. The molecule has 0 aliphatic carbocycles. The number of hydrogen-bond donors (Lipinski definition) is 0. The van der Waals surface area contributed by atoms with E-state index in [4.69, 9.17) is 4.74 Å². The second-order valence-corrected chi connectivity index (χ2v) is 5.55. The molecule has 10 heteroatoms. The van der Waals surface area contributed by atoms with Gasteiger partial charge in [-0.25, -0.2) is 0 Å². The average molecular weight is 359 g/mol. The molecular formula is C15H19F2N3O5. The number of nitrogens with zero attached hydrogens (tertiary/aromatic N) is 3. The second-order valence-electron chi connectivity index (χ2n) is 5.55. The van der Waals surface area contributed by atoms with E-state index < -0.39 is 11.5 Å². The van der Waals surface area contributed by atoms with Crippen molar-refractivity contribution in [2.45, 2.75) is 20.1 Å². The molecule has 1 aromatic rings.